The molecule has 0 aliphatic carbocycles. The van der Waals surface area contributed by atoms with Crippen LogP contribution < -0.4 is 0 Å². The maximum Gasteiger partial charge on any atom is 0.277 e. The standard InChI is InChI=1S/C17H21N3O3S/c1-11-4-6-14(7-5-11)16-18-19-17(23-16)24-10-15(21)20-8-12(2)22-13(3)9-20/h4-7,12-13H,8-10H2,1-3H3/t12-,13-/m0/s1. The lowest BCUT2D eigenvalue weighted by molar-refractivity contribution is -0.140. The number of rotatable bonds is 4. The van der Waals surface area contributed by atoms with Crippen LogP contribution in [0.4, 0.5) is 0 Å². The molecule has 0 spiro atoms. The third-order valence-electron chi connectivity index (χ3n) is 3.80. The van der Waals surface area contributed by atoms with Gasteiger partial charge in [-0.05, 0) is 32.9 Å². The highest BCUT2D eigenvalue weighted by Gasteiger charge is 2.26. The van der Waals surface area contributed by atoms with Crippen molar-refractivity contribution in [2.24, 2.45) is 0 Å². The molecule has 1 amide bonds. The van der Waals surface area contributed by atoms with Crippen LogP contribution in [0, 0.1) is 6.92 Å². The molecule has 1 aromatic heterocycles. The van der Waals surface area contributed by atoms with E-state index in [1.54, 1.807) is 0 Å². The second-order valence-electron chi connectivity index (χ2n) is 6.08. The molecule has 1 aromatic carbocycles. The first-order valence-corrected chi connectivity index (χ1v) is 8.96. The summed E-state index contributed by atoms with van der Waals surface area (Å²) in [5, 5.41) is 8.47. The smallest absolute Gasteiger partial charge is 0.277 e. The Hall–Kier alpha value is -1.86. The van der Waals surface area contributed by atoms with Crippen molar-refractivity contribution >= 4 is 17.7 Å². The van der Waals surface area contributed by atoms with Crippen LogP contribution in [0.3, 0.4) is 0 Å². The Morgan fingerprint density at radius 3 is 2.54 bits per heavy atom. The van der Waals surface area contributed by atoms with Gasteiger partial charge < -0.3 is 14.1 Å². The SMILES string of the molecule is Cc1ccc(-c2nnc(SCC(=O)N3C[C@H](C)O[C@@H](C)C3)o2)cc1. The molecule has 24 heavy (non-hydrogen) atoms. The molecule has 1 fully saturated rings. The molecule has 0 unspecified atom stereocenters. The Kier molecular flexibility index (Phi) is 5.20. The molecule has 7 heteroatoms. The fourth-order valence-corrected chi connectivity index (χ4v) is 3.34. The predicted molar refractivity (Wildman–Crippen MR) is 91.8 cm³/mol. The topological polar surface area (TPSA) is 68.5 Å². The zero-order chi connectivity index (χ0) is 17.1. The fourth-order valence-electron chi connectivity index (χ4n) is 2.68. The van der Waals surface area contributed by atoms with E-state index in [4.69, 9.17) is 9.15 Å². The molecule has 0 N–H and O–H groups in total. The van der Waals surface area contributed by atoms with E-state index in [1.807, 2.05) is 49.9 Å². The van der Waals surface area contributed by atoms with Crippen molar-refractivity contribution in [1.82, 2.24) is 15.1 Å². The molecule has 0 bridgehead atoms. The summed E-state index contributed by atoms with van der Waals surface area (Å²) < 4.78 is 11.3. The number of morpholine rings is 1. The van der Waals surface area contributed by atoms with Gasteiger partial charge in [-0.15, -0.1) is 10.2 Å². The molecular formula is C17H21N3O3S. The van der Waals surface area contributed by atoms with Crippen LogP contribution in [0.1, 0.15) is 19.4 Å². The summed E-state index contributed by atoms with van der Waals surface area (Å²) in [5.41, 5.74) is 2.05. The maximum absolute atomic E-state index is 12.3. The number of aryl methyl sites for hydroxylation is 1. The maximum atomic E-state index is 12.3. The summed E-state index contributed by atoms with van der Waals surface area (Å²) in [7, 11) is 0. The molecule has 2 atom stereocenters. The average molecular weight is 347 g/mol. The number of nitrogens with zero attached hydrogens (tertiary/aromatic N) is 3. The highest BCUT2D eigenvalue weighted by molar-refractivity contribution is 7.99. The molecule has 2 aromatic rings. The van der Waals surface area contributed by atoms with Crippen LogP contribution in [-0.2, 0) is 9.53 Å². The van der Waals surface area contributed by atoms with E-state index in [2.05, 4.69) is 10.2 Å². The molecule has 1 aliphatic rings. The zero-order valence-corrected chi connectivity index (χ0v) is 14.9. The number of carbonyl (C=O) groups is 1. The summed E-state index contributed by atoms with van der Waals surface area (Å²) in [5.74, 6) is 0.824. The van der Waals surface area contributed by atoms with E-state index in [-0.39, 0.29) is 23.9 Å². The van der Waals surface area contributed by atoms with Gasteiger partial charge in [0.2, 0.25) is 11.8 Å². The van der Waals surface area contributed by atoms with E-state index >= 15 is 0 Å². The first kappa shape index (κ1) is 17.0. The van der Waals surface area contributed by atoms with Crippen molar-refractivity contribution < 1.29 is 13.9 Å². The van der Waals surface area contributed by atoms with Crippen molar-refractivity contribution in [2.75, 3.05) is 18.8 Å². The molecule has 128 valence electrons. The van der Waals surface area contributed by atoms with Crippen molar-refractivity contribution in [3.63, 3.8) is 0 Å². The van der Waals surface area contributed by atoms with Crippen LogP contribution in [-0.4, -0.2) is 52.1 Å². The lowest BCUT2D eigenvalue weighted by Crippen LogP contribution is -2.48. The number of thioether (sulfide) groups is 1. The first-order valence-electron chi connectivity index (χ1n) is 7.98. The van der Waals surface area contributed by atoms with E-state index < -0.39 is 0 Å². The minimum Gasteiger partial charge on any atom is -0.411 e. The minimum atomic E-state index is 0.0667. The molecule has 2 heterocycles. The monoisotopic (exact) mass is 347 g/mol. The van der Waals surface area contributed by atoms with Crippen LogP contribution in [0.5, 0.6) is 0 Å². The van der Waals surface area contributed by atoms with Gasteiger partial charge in [-0.25, -0.2) is 0 Å². The minimum absolute atomic E-state index is 0.0667. The lowest BCUT2D eigenvalue weighted by Gasteiger charge is -2.35. The molecule has 0 saturated carbocycles. The van der Waals surface area contributed by atoms with Gasteiger partial charge in [0, 0.05) is 18.7 Å². The zero-order valence-electron chi connectivity index (χ0n) is 14.1. The predicted octanol–water partition coefficient (Wildman–Crippen LogP) is 2.77. The number of hydrogen-bond acceptors (Lipinski definition) is 6. The highest BCUT2D eigenvalue weighted by atomic mass is 32.2. The Morgan fingerprint density at radius 2 is 1.88 bits per heavy atom. The van der Waals surface area contributed by atoms with Crippen LogP contribution in [0.2, 0.25) is 0 Å². The van der Waals surface area contributed by atoms with E-state index in [0.717, 1.165) is 5.56 Å². The molecule has 3 rings (SSSR count). The Labute approximate surface area is 145 Å². The summed E-state index contributed by atoms with van der Waals surface area (Å²) in [6.07, 6.45) is 0.137. The van der Waals surface area contributed by atoms with Gasteiger partial charge in [0.25, 0.3) is 5.22 Å². The summed E-state index contributed by atoms with van der Waals surface area (Å²) >= 11 is 1.27. The van der Waals surface area contributed by atoms with Gasteiger partial charge >= 0.3 is 0 Å². The second kappa shape index (κ2) is 7.36. The number of ether oxygens (including phenoxy) is 1. The van der Waals surface area contributed by atoms with E-state index in [9.17, 15) is 4.79 Å². The summed E-state index contributed by atoms with van der Waals surface area (Å²) in [6.45, 7) is 7.24. The third-order valence-corrected chi connectivity index (χ3v) is 4.60. The quantitative estimate of drug-likeness (QED) is 0.792. The lowest BCUT2D eigenvalue weighted by atomic mass is 10.1. The number of amides is 1. The van der Waals surface area contributed by atoms with Crippen LogP contribution >= 0.6 is 11.8 Å². The van der Waals surface area contributed by atoms with Gasteiger partial charge in [0.05, 0.1) is 18.0 Å². The number of carbonyl (C=O) groups excluding carboxylic acids is 1. The van der Waals surface area contributed by atoms with Gasteiger partial charge in [0.1, 0.15) is 0 Å². The van der Waals surface area contributed by atoms with E-state index in [0.29, 0.717) is 24.2 Å². The van der Waals surface area contributed by atoms with Gasteiger partial charge in [0.15, 0.2) is 0 Å². The van der Waals surface area contributed by atoms with Gasteiger partial charge in [-0.2, -0.15) is 0 Å². The summed E-state index contributed by atoms with van der Waals surface area (Å²) in [6, 6.07) is 7.88. The third kappa shape index (κ3) is 4.15. The highest BCUT2D eigenvalue weighted by Crippen LogP contribution is 2.24. The Bertz CT molecular complexity index is 691. The van der Waals surface area contributed by atoms with Crippen molar-refractivity contribution in [1.29, 1.82) is 0 Å². The van der Waals surface area contributed by atoms with Crippen molar-refractivity contribution in [3.8, 4) is 11.5 Å². The largest absolute Gasteiger partial charge is 0.411 e. The molecule has 6 nitrogen and oxygen atoms in total. The average Bonchev–Trinajstić information content (AvgIpc) is 3.01. The number of benzene rings is 1. The van der Waals surface area contributed by atoms with E-state index in [1.165, 1.54) is 17.3 Å². The normalized spacial score (nSPS) is 21.0. The molecule has 1 aliphatic heterocycles. The Balaban J connectivity index is 1.57. The van der Waals surface area contributed by atoms with Crippen LogP contribution in [0.15, 0.2) is 33.9 Å². The van der Waals surface area contributed by atoms with Crippen molar-refractivity contribution in [3.05, 3.63) is 29.8 Å². The van der Waals surface area contributed by atoms with Gasteiger partial charge in [-0.3, -0.25) is 4.79 Å². The second-order valence-corrected chi connectivity index (χ2v) is 7.01. The van der Waals surface area contributed by atoms with Crippen molar-refractivity contribution in [2.45, 2.75) is 38.2 Å². The first-order chi connectivity index (χ1) is 11.5. The molecule has 1 saturated heterocycles. The fraction of sp³-hybridized carbons (Fsp3) is 0.471. The number of hydrogen-bond donors (Lipinski definition) is 0. The Morgan fingerprint density at radius 1 is 1.21 bits per heavy atom. The van der Waals surface area contributed by atoms with Gasteiger partial charge in [-0.1, -0.05) is 29.5 Å². The van der Waals surface area contributed by atoms with Crippen LogP contribution in [0.25, 0.3) is 11.5 Å². The summed E-state index contributed by atoms with van der Waals surface area (Å²) in [4.78, 5) is 14.2. The number of aromatic nitrogens is 2. The molecule has 0 radical (unpaired) electrons. The molecular weight excluding hydrogens is 326 g/mol.